The third-order valence-corrected chi connectivity index (χ3v) is 2.69. The summed E-state index contributed by atoms with van der Waals surface area (Å²) in [5.41, 5.74) is 3.41. The third-order valence-electron chi connectivity index (χ3n) is 2.42. The summed E-state index contributed by atoms with van der Waals surface area (Å²) in [5.74, 6) is 1.54. The molecule has 1 aromatic heterocycles. The fourth-order valence-electron chi connectivity index (χ4n) is 1.47. The Bertz CT molecular complexity index is 323. The van der Waals surface area contributed by atoms with Crippen molar-refractivity contribution in [2.24, 2.45) is 0 Å². The Hall–Kier alpha value is -0.760. The van der Waals surface area contributed by atoms with Gasteiger partial charge in [-0.15, -0.1) is 11.6 Å². The van der Waals surface area contributed by atoms with Crippen molar-refractivity contribution in [3.63, 3.8) is 0 Å². The molecule has 0 aliphatic rings. The fraction of sp³-hybridized carbons (Fsp3) is 0.545. The van der Waals surface area contributed by atoms with E-state index in [0.717, 1.165) is 23.6 Å². The van der Waals surface area contributed by atoms with Crippen LogP contribution in [0.1, 0.15) is 23.7 Å². The molecule has 0 spiro atoms. The first-order valence-corrected chi connectivity index (χ1v) is 5.37. The Morgan fingerprint density at radius 3 is 2.57 bits per heavy atom. The lowest BCUT2D eigenvalue weighted by Crippen LogP contribution is -2.19. The van der Waals surface area contributed by atoms with E-state index in [4.69, 9.17) is 11.6 Å². The topological polar surface area (TPSA) is 16.1 Å². The minimum Gasteiger partial charge on any atom is -0.360 e. The van der Waals surface area contributed by atoms with Gasteiger partial charge in [0.15, 0.2) is 0 Å². The van der Waals surface area contributed by atoms with Gasteiger partial charge in [-0.1, -0.05) is 0 Å². The van der Waals surface area contributed by atoms with E-state index < -0.39 is 0 Å². The summed E-state index contributed by atoms with van der Waals surface area (Å²) in [4.78, 5) is 6.64. The Morgan fingerprint density at radius 1 is 1.43 bits per heavy atom. The molecular formula is C11H17ClN2. The van der Waals surface area contributed by atoms with Crippen LogP contribution in [0.3, 0.4) is 0 Å². The maximum Gasteiger partial charge on any atom is 0.133 e. The zero-order valence-electron chi connectivity index (χ0n) is 9.26. The molecule has 0 atom stereocenters. The average Bonchev–Trinajstić information content (AvgIpc) is 2.15. The molecule has 1 rings (SSSR count). The normalized spacial score (nSPS) is 10.4. The quantitative estimate of drug-likeness (QED) is 0.717. The van der Waals surface area contributed by atoms with Gasteiger partial charge in [0, 0.05) is 24.8 Å². The average molecular weight is 213 g/mol. The number of aryl methyl sites for hydroxylation is 2. The van der Waals surface area contributed by atoms with E-state index in [2.05, 4.69) is 29.8 Å². The molecule has 0 unspecified atom stereocenters. The van der Waals surface area contributed by atoms with Crippen molar-refractivity contribution < 1.29 is 0 Å². The molecule has 0 radical (unpaired) electrons. The Balaban J connectivity index is 3.24. The van der Waals surface area contributed by atoms with Crippen molar-refractivity contribution in [3.8, 4) is 0 Å². The zero-order chi connectivity index (χ0) is 10.7. The lowest BCUT2D eigenvalue weighted by Gasteiger charge is -2.20. The predicted octanol–water partition coefficient (Wildman–Crippen LogP) is 2.89. The lowest BCUT2D eigenvalue weighted by atomic mass is 10.1. The molecule has 0 saturated carbocycles. The molecule has 0 aliphatic heterocycles. The van der Waals surface area contributed by atoms with E-state index in [9.17, 15) is 0 Å². The van der Waals surface area contributed by atoms with Crippen LogP contribution in [0.25, 0.3) is 0 Å². The highest BCUT2D eigenvalue weighted by atomic mass is 35.5. The minimum atomic E-state index is 0.527. The summed E-state index contributed by atoms with van der Waals surface area (Å²) in [5, 5.41) is 0. The highest BCUT2D eigenvalue weighted by Crippen LogP contribution is 2.23. The number of halogens is 1. The standard InChI is InChI=1S/C11H17ClN2/c1-5-14(4)11-10(7-12)8(2)6-9(3)13-11/h6H,5,7H2,1-4H3. The molecule has 0 aliphatic carbocycles. The van der Waals surface area contributed by atoms with Gasteiger partial charge in [0.25, 0.3) is 0 Å². The SMILES string of the molecule is CCN(C)c1nc(C)cc(C)c1CCl. The molecule has 2 nitrogen and oxygen atoms in total. The molecule has 0 bridgehead atoms. The predicted molar refractivity (Wildman–Crippen MR) is 62.2 cm³/mol. The number of hydrogen-bond acceptors (Lipinski definition) is 2. The molecule has 1 aromatic rings. The van der Waals surface area contributed by atoms with Crippen LogP contribution in [0.5, 0.6) is 0 Å². The van der Waals surface area contributed by atoms with Gasteiger partial charge in [-0.05, 0) is 32.4 Å². The number of aromatic nitrogens is 1. The van der Waals surface area contributed by atoms with Crippen LogP contribution in [0.2, 0.25) is 0 Å². The maximum absolute atomic E-state index is 5.92. The minimum absolute atomic E-state index is 0.527. The van der Waals surface area contributed by atoms with Crippen LogP contribution in [-0.2, 0) is 5.88 Å². The number of anilines is 1. The van der Waals surface area contributed by atoms with Gasteiger partial charge in [0.1, 0.15) is 5.82 Å². The van der Waals surface area contributed by atoms with Gasteiger partial charge in [0.2, 0.25) is 0 Å². The van der Waals surface area contributed by atoms with E-state index in [-0.39, 0.29) is 0 Å². The van der Waals surface area contributed by atoms with E-state index in [1.165, 1.54) is 5.56 Å². The van der Waals surface area contributed by atoms with Crippen LogP contribution in [0.4, 0.5) is 5.82 Å². The summed E-state index contributed by atoms with van der Waals surface area (Å²) in [6, 6.07) is 2.07. The van der Waals surface area contributed by atoms with Crippen molar-refractivity contribution in [2.45, 2.75) is 26.7 Å². The molecule has 0 fully saturated rings. The summed E-state index contributed by atoms with van der Waals surface area (Å²) in [6.45, 7) is 7.15. The second-order valence-corrected chi connectivity index (χ2v) is 3.80. The van der Waals surface area contributed by atoms with E-state index in [0.29, 0.717) is 5.88 Å². The number of rotatable bonds is 3. The molecule has 14 heavy (non-hydrogen) atoms. The molecule has 0 saturated heterocycles. The van der Waals surface area contributed by atoms with Gasteiger partial charge < -0.3 is 4.90 Å². The summed E-state index contributed by atoms with van der Waals surface area (Å²) in [7, 11) is 2.04. The third kappa shape index (κ3) is 2.18. The highest BCUT2D eigenvalue weighted by Gasteiger charge is 2.10. The van der Waals surface area contributed by atoms with Gasteiger partial charge in [-0.2, -0.15) is 0 Å². The largest absolute Gasteiger partial charge is 0.360 e. The van der Waals surface area contributed by atoms with Gasteiger partial charge in [-0.25, -0.2) is 4.98 Å². The van der Waals surface area contributed by atoms with Crippen LogP contribution in [0, 0.1) is 13.8 Å². The van der Waals surface area contributed by atoms with Crippen molar-refractivity contribution in [1.82, 2.24) is 4.98 Å². The Morgan fingerprint density at radius 2 is 2.07 bits per heavy atom. The molecule has 3 heteroatoms. The number of hydrogen-bond donors (Lipinski definition) is 0. The second kappa shape index (κ2) is 4.65. The van der Waals surface area contributed by atoms with Gasteiger partial charge in [-0.3, -0.25) is 0 Å². The molecule has 78 valence electrons. The van der Waals surface area contributed by atoms with Crippen molar-refractivity contribution in [3.05, 3.63) is 22.9 Å². The molecule has 0 amide bonds. The Kier molecular flexibility index (Phi) is 3.76. The molecular weight excluding hydrogens is 196 g/mol. The zero-order valence-corrected chi connectivity index (χ0v) is 10.0. The summed E-state index contributed by atoms with van der Waals surface area (Å²) in [6.07, 6.45) is 0. The monoisotopic (exact) mass is 212 g/mol. The fourth-order valence-corrected chi connectivity index (χ4v) is 1.80. The smallest absolute Gasteiger partial charge is 0.133 e. The van der Waals surface area contributed by atoms with E-state index in [1.54, 1.807) is 0 Å². The lowest BCUT2D eigenvalue weighted by molar-refractivity contribution is 0.914. The maximum atomic E-state index is 5.92. The molecule has 0 aromatic carbocycles. The van der Waals surface area contributed by atoms with E-state index >= 15 is 0 Å². The van der Waals surface area contributed by atoms with Crippen molar-refractivity contribution in [1.29, 1.82) is 0 Å². The van der Waals surface area contributed by atoms with Crippen LogP contribution in [0.15, 0.2) is 6.07 Å². The number of pyridine rings is 1. The molecule has 0 N–H and O–H groups in total. The summed E-state index contributed by atoms with van der Waals surface area (Å²) < 4.78 is 0. The van der Waals surface area contributed by atoms with Crippen LogP contribution in [-0.4, -0.2) is 18.6 Å². The van der Waals surface area contributed by atoms with Crippen molar-refractivity contribution in [2.75, 3.05) is 18.5 Å². The van der Waals surface area contributed by atoms with Gasteiger partial charge >= 0.3 is 0 Å². The first-order chi connectivity index (χ1) is 6.60. The summed E-state index contributed by atoms with van der Waals surface area (Å²) >= 11 is 5.92. The highest BCUT2D eigenvalue weighted by molar-refractivity contribution is 6.17. The van der Waals surface area contributed by atoms with Crippen molar-refractivity contribution >= 4 is 17.4 Å². The van der Waals surface area contributed by atoms with Crippen LogP contribution < -0.4 is 4.90 Å². The Labute approximate surface area is 90.9 Å². The molecule has 1 heterocycles. The number of alkyl halides is 1. The van der Waals surface area contributed by atoms with E-state index in [1.807, 2.05) is 14.0 Å². The van der Waals surface area contributed by atoms with Gasteiger partial charge in [0.05, 0.1) is 5.88 Å². The first-order valence-electron chi connectivity index (χ1n) is 4.84. The number of nitrogens with zero attached hydrogens (tertiary/aromatic N) is 2. The van der Waals surface area contributed by atoms with Crippen LogP contribution >= 0.6 is 11.6 Å². The first kappa shape index (κ1) is 11.3. The second-order valence-electron chi connectivity index (χ2n) is 3.53.